The first-order chi connectivity index (χ1) is 16.0. The SMILES string of the molecule is CC1=C(C)N(c2ccccc2)C(c2ccc(Br)cc2)N(c2ccccc2)C1.O=C=O.O=C=O. The molecule has 0 saturated heterocycles. The zero-order chi connectivity index (χ0) is 24.2. The Morgan fingerprint density at radius 3 is 1.67 bits per heavy atom. The van der Waals surface area contributed by atoms with Crippen LogP contribution in [0.2, 0.25) is 0 Å². The van der Waals surface area contributed by atoms with Gasteiger partial charge in [-0.1, -0.05) is 64.5 Å². The van der Waals surface area contributed by atoms with Crippen molar-refractivity contribution in [2.24, 2.45) is 0 Å². The Morgan fingerprint density at radius 2 is 1.18 bits per heavy atom. The molecular weight excluding hydrogens is 484 g/mol. The molecule has 1 aliphatic heterocycles. The van der Waals surface area contributed by atoms with E-state index in [0.717, 1.165) is 11.0 Å². The molecule has 168 valence electrons. The van der Waals surface area contributed by atoms with E-state index in [-0.39, 0.29) is 18.5 Å². The lowest BCUT2D eigenvalue weighted by atomic mass is 10.0. The normalized spacial score (nSPS) is 14.7. The summed E-state index contributed by atoms with van der Waals surface area (Å²) < 4.78 is 1.10. The molecular formula is C26H23BrN2O4. The number of hydrogen-bond donors (Lipinski definition) is 0. The van der Waals surface area contributed by atoms with E-state index in [4.69, 9.17) is 19.2 Å². The number of rotatable bonds is 3. The molecule has 0 aromatic heterocycles. The maximum atomic E-state index is 8.12. The molecule has 0 amide bonds. The first kappa shape index (κ1) is 25.5. The molecule has 0 spiro atoms. The van der Waals surface area contributed by atoms with E-state index in [0.29, 0.717) is 0 Å². The van der Waals surface area contributed by atoms with Crippen LogP contribution in [0.4, 0.5) is 11.4 Å². The number of anilines is 2. The zero-order valence-corrected chi connectivity index (χ0v) is 19.9. The van der Waals surface area contributed by atoms with Crippen LogP contribution in [0.5, 0.6) is 0 Å². The molecule has 0 saturated carbocycles. The maximum Gasteiger partial charge on any atom is 0.373 e. The molecule has 4 rings (SSSR count). The third kappa shape index (κ3) is 6.61. The fourth-order valence-electron chi connectivity index (χ4n) is 3.72. The summed E-state index contributed by atoms with van der Waals surface area (Å²) in [5.74, 6) is 0. The molecule has 0 aliphatic carbocycles. The second kappa shape index (κ2) is 12.9. The third-order valence-corrected chi connectivity index (χ3v) is 5.75. The predicted molar refractivity (Wildman–Crippen MR) is 128 cm³/mol. The van der Waals surface area contributed by atoms with E-state index in [2.05, 4.69) is 125 Å². The van der Waals surface area contributed by atoms with Gasteiger partial charge >= 0.3 is 12.3 Å². The monoisotopic (exact) mass is 506 g/mol. The van der Waals surface area contributed by atoms with Crippen molar-refractivity contribution in [1.82, 2.24) is 0 Å². The smallest absolute Gasteiger partial charge is 0.343 e. The Bertz CT molecular complexity index is 1110. The first-order valence-corrected chi connectivity index (χ1v) is 10.8. The molecule has 1 atom stereocenters. The lowest BCUT2D eigenvalue weighted by molar-refractivity contribution is -0.193. The van der Waals surface area contributed by atoms with Crippen LogP contribution in [0.15, 0.2) is 101 Å². The number of benzene rings is 3. The number of para-hydroxylation sites is 2. The van der Waals surface area contributed by atoms with Gasteiger partial charge in [0.05, 0.1) is 0 Å². The molecule has 0 radical (unpaired) electrons. The van der Waals surface area contributed by atoms with Crippen LogP contribution in [0.3, 0.4) is 0 Å². The second-order valence-electron chi connectivity index (χ2n) is 7.13. The average Bonchev–Trinajstić information content (AvgIpc) is 2.83. The van der Waals surface area contributed by atoms with Gasteiger partial charge in [0.15, 0.2) is 0 Å². The van der Waals surface area contributed by atoms with Crippen molar-refractivity contribution in [3.8, 4) is 0 Å². The number of nitrogens with zero attached hydrogens (tertiary/aromatic N) is 2. The Morgan fingerprint density at radius 1 is 0.727 bits per heavy atom. The molecule has 6 nitrogen and oxygen atoms in total. The van der Waals surface area contributed by atoms with Gasteiger partial charge in [0, 0.05) is 28.1 Å². The van der Waals surface area contributed by atoms with Crippen molar-refractivity contribution < 1.29 is 19.2 Å². The van der Waals surface area contributed by atoms with Crippen molar-refractivity contribution in [2.75, 3.05) is 16.3 Å². The lowest BCUT2D eigenvalue weighted by Crippen LogP contribution is -2.46. The molecule has 1 heterocycles. The quantitative estimate of drug-likeness (QED) is 0.460. The molecule has 1 aliphatic rings. The summed E-state index contributed by atoms with van der Waals surface area (Å²) in [6.07, 6.45) is 0.603. The van der Waals surface area contributed by atoms with E-state index >= 15 is 0 Å². The molecule has 33 heavy (non-hydrogen) atoms. The van der Waals surface area contributed by atoms with E-state index in [1.54, 1.807) is 0 Å². The predicted octanol–water partition coefficient (Wildman–Crippen LogP) is 5.60. The van der Waals surface area contributed by atoms with Gasteiger partial charge in [0.2, 0.25) is 0 Å². The van der Waals surface area contributed by atoms with Gasteiger partial charge in [0.25, 0.3) is 0 Å². The van der Waals surface area contributed by atoms with Gasteiger partial charge in [-0.15, -0.1) is 0 Å². The maximum absolute atomic E-state index is 8.12. The van der Waals surface area contributed by atoms with Crippen LogP contribution in [-0.2, 0) is 19.2 Å². The van der Waals surface area contributed by atoms with Crippen LogP contribution in [0, 0.1) is 0 Å². The summed E-state index contributed by atoms with van der Waals surface area (Å²) in [7, 11) is 0. The molecule has 0 bridgehead atoms. The van der Waals surface area contributed by atoms with Crippen LogP contribution in [0.25, 0.3) is 0 Å². The molecule has 7 heteroatoms. The highest BCUT2D eigenvalue weighted by Gasteiger charge is 2.33. The highest BCUT2D eigenvalue weighted by molar-refractivity contribution is 9.10. The van der Waals surface area contributed by atoms with Crippen LogP contribution >= 0.6 is 15.9 Å². The van der Waals surface area contributed by atoms with Crippen molar-refractivity contribution in [1.29, 1.82) is 0 Å². The molecule has 3 aromatic carbocycles. The van der Waals surface area contributed by atoms with E-state index in [1.165, 1.54) is 28.2 Å². The molecule has 0 fully saturated rings. The van der Waals surface area contributed by atoms with Crippen molar-refractivity contribution >= 4 is 39.6 Å². The van der Waals surface area contributed by atoms with E-state index < -0.39 is 0 Å². The number of hydrogen-bond acceptors (Lipinski definition) is 6. The van der Waals surface area contributed by atoms with Crippen LogP contribution in [0.1, 0.15) is 25.6 Å². The van der Waals surface area contributed by atoms with Crippen molar-refractivity contribution in [3.05, 3.63) is 106 Å². The number of halogens is 1. The Balaban J connectivity index is 0.000000582. The summed E-state index contributed by atoms with van der Waals surface area (Å²) in [6, 6.07) is 30.1. The topological polar surface area (TPSA) is 74.8 Å². The fourth-order valence-corrected chi connectivity index (χ4v) is 3.99. The van der Waals surface area contributed by atoms with Gasteiger partial charge in [-0.3, -0.25) is 0 Å². The summed E-state index contributed by atoms with van der Waals surface area (Å²) in [4.78, 5) is 37.4. The first-order valence-electron chi connectivity index (χ1n) is 10.0. The van der Waals surface area contributed by atoms with Gasteiger partial charge in [-0.25, -0.2) is 0 Å². The Hall–Kier alpha value is -3.76. The Labute approximate surface area is 201 Å². The van der Waals surface area contributed by atoms with Gasteiger partial charge in [-0.2, -0.15) is 19.2 Å². The lowest BCUT2D eigenvalue weighted by Gasteiger charge is -2.47. The van der Waals surface area contributed by atoms with Crippen LogP contribution < -0.4 is 9.80 Å². The van der Waals surface area contributed by atoms with Gasteiger partial charge in [-0.05, 0) is 61.4 Å². The average molecular weight is 507 g/mol. The zero-order valence-electron chi connectivity index (χ0n) is 18.3. The number of carbonyl (C=O) groups excluding carboxylic acids is 4. The largest absolute Gasteiger partial charge is 0.373 e. The summed E-state index contributed by atoms with van der Waals surface area (Å²) in [6.45, 7) is 5.38. The fraction of sp³-hybridized carbons (Fsp3) is 0.154. The highest BCUT2D eigenvalue weighted by atomic mass is 79.9. The standard InChI is InChI=1S/C24H23BrN2.2CO2/c1-18-17-26(22-9-5-3-6-10-22)24(20-13-15-21(25)16-14-20)27(19(18)2)23-11-7-4-8-12-23;2*2-1-3/h3-16,24H,17H2,1-2H3;;. The number of allylic oxidation sites excluding steroid dienone is 1. The minimum absolute atomic E-state index is 0.103. The van der Waals surface area contributed by atoms with Crippen molar-refractivity contribution in [2.45, 2.75) is 20.0 Å². The van der Waals surface area contributed by atoms with Gasteiger partial charge in [0.1, 0.15) is 6.17 Å². The van der Waals surface area contributed by atoms with Gasteiger partial charge < -0.3 is 9.80 Å². The summed E-state index contributed by atoms with van der Waals surface area (Å²) in [5, 5.41) is 0. The summed E-state index contributed by atoms with van der Waals surface area (Å²) >= 11 is 3.57. The van der Waals surface area contributed by atoms with E-state index in [9.17, 15) is 0 Å². The van der Waals surface area contributed by atoms with E-state index in [1.807, 2.05) is 0 Å². The van der Waals surface area contributed by atoms with Crippen molar-refractivity contribution in [3.63, 3.8) is 0 Å². The minimum atomic E-state index is 0.103. The molecule has 1 unspecified atom stereocenters. The molecule has 3 aromatic rings. The Kier molecular flexibility index (Phi) is 10.00. The minimum Gasteiger partial charge on any atom is -0.343 e. The molecule has 0 N–H and O–H groups in total. The van der Waals surface area contributed by atoms with Crippen LogP contribution in [-0.4, -0.2) is 18.8 Å². The second-order valence-corrected chi connectivity index (χ2v) is 8.04. The third-order valence-electron chi connectivity index (χ3n) is 5.22. The summed E-state index contributed by atoms with van der Waals surface area (Å²) in [5.41, 5.74) is 6.43. The highest BCUT2D eigenvalue weighted by Crippen LogP contribution is 2.41.